The van der Waals surface area contributed by atoms with Crippen molar-refractivity contribution in [3.05, 3.63) is 59.9 Å². The van der Waals surface area contributed by atoms with E-state index in [1.165, 1.54) is 5.56 Å². The van der Waals surface area contributed by atoms with E-state index in [0.29, 0.717) is 18.8 Å². The summed E-state index contributed by atoms with van der Waals surface area (Å²) < 4.78 is 0. The number of aliphatic hydroxyl groups excluding tert-OH is 1. The minimum atomic E-state index is 0.0809. The van der Waals surface area contributed by atoms with Crippen molar-refractivity contribution in [2.24, 2.45) is 5.73 Å². The normalized spacial score (nSPS) is 10.2. The lowest BCUT2D eigenvalue weighted by molar-refractivity contribution is 0.301. The van der Waals surface area contributed by atoms with E-state index in [9.17, 15) is 5.11 Å². The van der Waals surface area contributed by atoms with Crippen LogP contribution in [0, 0.1) is 0 Å². The molecule has 2 aromatic rings. The lowest BCUT2D eigenvalue weighted by Crippen LogP contribution is -2.26. The van der Waals surface area contributed by atoms with Gasteiger partial charge in [-0.15, -0.1) is 0 Å². The van der Waals surface area contributed by atoms with E-state index in [2.05, 4.69) is 22.0 Å². The summed E-state index contributed by atoms with van der Waals surface area (Å²) >= 11 is 4.95. The van der Waals surface area contributed by atoms with Crippen molar-refractivity contribution >= 4 is 22.9 Å². The molecule has 4 nitrogen and oxygen atoms in total. The number of hydrogen-bond donors (Lipinski definition) is 2. The third-order valence-corrected chi connectivity index (χ3v) is 3.16. The zero-order valence-electron chi connectivity index (χ0n) is 11.1. The average molecular weight is 287 g/mol. The Balaban J connectivity index is 2.24. The highest BCUT2D eigenvalue weighted by atomic mass is 32.1. The summed E-state index contributed by atoms with van der Waals surface area (Å²) in [6, 6.07) is 13.8. The highest BCUT2D eigenvalue weighted by molar-refractivity contribution is 7.80. The van der Waals surface area contributed by atoms with Gasteiger partial charge in [-0.3, -0.25) is 4.98 Å². The van der Waals surface area contributed by atoms with Crippen molar-refractivity contribution in [3.8, 4) is 0 Å². The topological polar surface area (TPSA) is 62.4 Å². The van der Waals surface area contributed by atoms with Crippen LogP contribution < -0.4 is 10.6 Å². The molecule has 0 spiro atoms. The maximum atomic E-state index is 9.25. The molecule has 0 saturated carbocycles. The van der Waals surface area contributed by atoms with Crippen molar-refractivity contribution in [1.29, 1.82) is 0 Å². The minimum Gasteiger partial charge on any atom is -0.395 e. The Bertz CT molecular complexity index is 574. The van der Waals surface area contributed by atoms with Crippen LogP contribution in [0.2, 0.25) is 0 Å². The van der Waals surface area contributed by atoms with E-state index in [4.69, 9.17) is 18.0 Å². The second-order valence-corrected chi connectivity index (χ2v) is 4.83. The first-order chi connectivity index (χ1) is 9.70. The molecule has 5 heteroatoms. The molecule has 1 aromatic carbocycles. The van der Waals surface area contributed by atoms with Gasteiger partial charge < -0.3 is 15.7 Å². The summed E-state index contributed by atoms with van der Waals surface area (Å²) in [5.74, 6) is 0. The number of rotatable bonds is 6. The summed E-state index contributed by atoms with van der Waals surface area (Å²) in [6.45, 7) is 1.33. The number of anilines is 1. The summed E-state index contributed by atoms with van der Waals surface area (Å²) in [5, 5.41) is 9.25. The van der Waals surface area contributed by atoms with Gasteiger partial charge >= 0.3 is 0 Å². The zero-order chi connectivity index (χ0) is 14.4. The Hall–Kier alpha value is -1.98. The zero-order valence-corrected chi connectivity index (χ0v) is 11.9. The van der Waals surface area contributed by atoms with Crippen LogP contribution in [0.4, 0.5) is 5.69 Å². The molecule has 2 rings (SSSR count). The molecule has 0 aliphatic rings. The lowest BCUT2D eigenvalue weighted by Gasteiger charge is -2.24. The first-order valence-corrected chi connectivity index (χ1v) is 6.77. The lowest BCUT2D eigenvalue weighted by atomic mass is 10.2. The summed E-state index contributed by atoms with van der Waals surface area (Å²) in [6.07, 6.45) is 1.68. The number of nitrogens with zero attached hydrogens (tertiary/aromatic N) is 2. The first kappa shape index (κ1) is 14.4. The monoisotopic (exact) mass is 287 g/mol. The standard InChI is InChI=1S/C15H17N3OS/c16-15(20)14-10-13(6-7-17-14)18(8-9-19)11-12-4-2-1-3-5-12/h1-7,10,19H,8-9,11H2,(H2,16,20). The van der Waals surface area contributed by atoms with Crippen LogP contribution in [0.3, 0.4) is 0 Å². The van der Waals surface area contributed by atoms with Crippen molar-refractivity contribution in [3.63, 3.8) is 0 Å². The second kappa shape index (κ2) is 6.98. The molecular weight excluding hydrogens is 270 g/mol. The smallest absolute Gasteiger partial charge is 0.122 e. The molecule has 104 valence electrons. The van der Waals surface area contributed by atoms with Crippen molar-refractivity contribution < 1.29 is 5.11 Å². The molecule has 0 radical (unpaired) electrons. The van der Waals surface area contributed by atoms with E-state index in [1.54, 1.807) is 6.20 Å². The molecular formula is C15H17N3OS. The average Bonchev–Trinajstić information content (AvgIpc) is 2.48. The minimum absolute atomic E-state index is 0.0809. The van der Waals surface area contributed by atoms with Gasteiger partial charge in [0.05, 0.1) is 12.3 Å². The third-order valence-electron chi connectivity index (χ3n) is 2.95. The maximum absolute atomic E-state index is 9.25. The van der Waals surface area contributed by atoms with Crippen molar-refractivity contribution in [1.82, 2.24) is 4.98 Å². The van der Waals surface area contributed by atoms with Crippen LogP contribution in [-0.2, 0) is 6.54 Å². The fourth-order valence-electron chi connectivity index (χ4n) is 1.97. The largest absolute Gasteiger partial charge is 0.395 e. The molecule has 0 fully saturated rings. The molecule has 0 atom stereocenters. The van der Waals surface area contributed by atoms with Gasteiger partial charge in [0, 0.05) is 25.0 Å². The molecule has 0 amide bonds. The molecule has 1 aromatic heterocycles. The fraction of sp³-hybridized carbons (Fsp3) is 0.200. The number of aliphatic hydroxyl groups is 1. The third kappa shape index (κ3) is 3.76. The second-order valence-electron chi connectivity index (χ2n) is 4.39. The van der Waals surface area contributed by atoms with Crippen LogP contribution in [0.15, 0.2) is 48.7 Å². The Morgan fingerprint density at radius 3 is 2.65 bits per heavy atom. The van der Waals surface area contributed by atoms with E-state index in [-0.39, 0.29) is 11.6 Å². The maximum Gasteiger partial charge on any atom is 0.122 e. The number of thiocarbonyl (C=S) groups is 1. The van der Waals surface area contributed by atoms with Crippen LogP contribution in [0.1, 0.15) is 11.3 Å². The molecule has 0 aliphatic heterocycles. The van der Waals surface area contributed by atoms with E-state index in [1.807, 2.05) is 30.3 Å². The summed E-state index contributed by atoms with van der Waals surface area (Å²) in [5.41, 5.74) is 8.32. The van der Waals surface area contributed by atoms with Crippen molar-refractivity contribution in [2.45, 2.75) is 6.54 Å². The van der Waals surface area contributed by atoms with Gasteiger partial charge in [0.1, 0.15) is 4.99 Å². The van der Waals surface area contributed by atoms with Gasteiger partial charge in [-0.1, -0.05) is 42.5 Å². The number of nitrogens with two attached hydrogens (primary N) is 1. The van der Waals surface area contributed by atoms with Gasteiger partial charge in [0.15, 0.2) is 0 Å². The van der Waals surface area contributed by atoms with E-state index in [0.717, 1.165) is 5.69 Å². The Labute approximate surface area is 123 Å². The quantitative estimate of drug-likeness (QED) is 0.792. The highest BCUT2D eigenvalue weighted by Crippen LogP contribution is 2.17. The summed E-state index contributed by atoms with van der Waals surface area (Å²) in [4.78, 5) is 6.47. The molecule has 0 saturated heterocycles. The molecule has 20 heavy (non-hydrogen) atoms. The Morgan fingerprint density at radius 2 is 2.00 bits per heavy atom. The van der Waals surface area contributed by atoms with Gasteiger partial charge in [0.25, 0.3) is 0 Å². The van der Waals surface area contributed by atoms with Gasteiger partial charge in [-0.2, -0.15) is 0 Å². The molecule has 0 bridgehead atoms. The van der Waals surface area contributed by atoms with Gasteiger partial charge in [-0.05, 0) is 17.7 Å². The predicted molar refractivity (Wildman–Crippen MR) is 84.7 cm³/mol. The number of aromatic nitrogens is 1. The molecule has 0 aliphatic carbocycles. The van der Waals surface area contributed by atoms with Gasteiger partial charge in [-0.25, -0.2) is 0 Å². The Kier molecular flexibility index (Phi) is 5.03. The first-order valence-electron chi connectivity index (χ1n) is 6.36. The molecule has 0 unspecified atom stereocenters. The SMILES string of the molecule is NC(=S)c1cc(N(CCO)Cc2ccccc2)ccn1. The van der Waals surface area contributed by atoms with Crippen LogP contribution in [0.25, 0.3) is 0 Å². The van der Waals surface area contributed by atoms with Crippen molar-refractivity contribution in [2.75, 3.05) is 18.1 Å². The van der Waals surface area contributed by atoms with Crippen LogP contribution >= 0.6 is 12.2 Å². The number of pyridine rings is 1. The summed E-state index contributed by atoms with van der Waals surface area (Å²) in [7, 11) is 0. The van der Waals surface area contributed by atoms with Gasteiger partial charge in [0.2, 0.25) is 0 Å². The van der Waals surface area contributed by atoms with E-state index >= 15 is 0 Å². The van der Waals surface area contributed by atoms with Crippen LogP contribution in [-0.4, -0.2) is 28.2 Å². The fourth-order valence-corrected chi connectivity index (χ4v) is 2.09. The highest BCUT2D eigenvalue weighted by Gasteiger charge is 2.09. The Morgan fingerprint density at radius 1 is 1.25 bits per heavy atom. The van der Waals surface area contributed by atoms with Crippen LogP contribution in [0.5, 0.6) is 0 Å². The molecule has 1 heterocycles. The van der Waals surface area contributed by atoms with E-state index < -0.39 is 0 Å². The molecule has 3 N–H and O–H groups in total. The predicted octanol–water partition coefficient (Wildman–Crippen LogP) is 1.71. The number of hydrogen-bond acceptors (Lipinski definition) is 4. The number of benzene rings is 1.